The summed E-state index contributed by atoms with van der Waals surface area (Å²) in [4.78, 5) is 16.9. The van der Waals surface area contributed by atoms with Crippen molar-refractivity contribution in [3.63, 3.8) is 0 Å². The van der Waals surface area contributed by atoms with Crippen LogP contribution in [-0.2, 0) is 6.54 Å². The van der Waals surface area contributed by atoms with Crippen molar-refractivity contribution >= 4 is 17.2 Å². The second-order valence-corrected chi connectivity index (χ2v) is 5.67. The molecule has 0 fully saturated rings. The molecule has 0 radical (unpaired) electrons. The molecule has 0 amide bonds. The number of fused-ring (bicyclic) bond motifs is 1. The second-order valence-electron chi connectivity index (χ2n) is 5.67. The fourth-order valence-electron chi connectivity index (χ4n) is 2.62. The molecule has 6 nitrogen and oxygen atoms in total. The van der Waals surface area contributed by atoms with Gasteiger partial charge in [0.2, 0.25) is 0 Å². The minimum absolute atomic E-state index is 0.143. The molecule has 0 saturated carbocycles. The maximum atomic E-state index is 13.4. The van der Waals surface area contributed by atoms with E-state index in [4.69, 9.17) is 0 Å². The van der Waals surface area contributed by atoms with Gasteiger partial charge in [0.15, 0.2) is 11.2 Å². The van der Waals surface area contributed by atoms with Gasteiger partial charge in [0.25, 0.3) is 5.56 Å². The fourth-order valence-corrected chi connectivity index (χ4v) is 2.62. The highest BCUT2D eigenvalue weighted by Gasteiger charge is 2.13. The van der Waals surface area contributed by atoms with Crippen molar-refractivity contribution in [2.24, 2.45) is 0 Å². The van der Waals surface area contributed by atoms with Gasteiger partial charge in [-0.3, -0.25) is 9.36 Å². The molecule has 128 valence electrons. The molecule has 4 aromatic rings. The van der Waals surface area contributed by atoms with Crippen molar-refractivity contribution in [1.82, 2.24) is 24.5 Å². The summed E-state index contributed by atoms with van der Waals surface area (Å²) in [7, 11) is 0. The van der Waals surface area contributed by atoms with Gasteiger partial charge in [-0.15, -0.1) is 5.10 Å². The lowest BCUT2D eigenvalue weighted by Gasteiger charge is -2.03. The quantitative estimate of drug-likeness (QED) is 0.569. The Labute approximate surface area is 147 Å². The lowest BCUT2D eigenvalue weighted by atomic mass is 10.2. The van der Waals surface area contributed by atoms with Crippen molar-refractivity contribution in [3.8, 4) is 5.69 Å². The highest BCUT2D eigenvalue weighted by Crippen LogP contribution is 2.13. The highest BCUT2D eigenvalue weighted by atomic mass is 19.1. The smallest absolute Gasteiger partial charge is 0.283 e. The predicted octanol–water partition coefficient (Wildman–Crippen LogP) is 2.83. The van der Waals surface area contributed by atoms with E-state index in [2.05, 4.69) is 15.3 Å². The molecule has 0 atom stereocenters. The largest absolute Gasteiger partial charge is 0.293 e. The molecule has 0 unspecified atom stereocenters. The number of halogens is 1. The Morgan fingerprint density at radius 3 is 2.73 bits per heavy atom. The van der Waals surface area contributed by atoms with Gasteiger partial charge in [-0.1, -0.05) is 53.8 Å². The number of hydrogen-bond donors (Lipinski definition) is 0. The van der Waals surface area contributed by atoms with Crippen LogP contribution in [0.1, 0.15) is 5.56 Å². The summed E-state index contributed by atoms with van der Waals surface area (Å²) in [5.74, 6) is -0.398. The number of allylic oxidation sites excluding steroid dienone is 1. The summed E-state index contributed by atoms with van der Waals surface area (Å²) < 4.78 is 16.2. The Kier molecular flexibility index (Phi) is 4.10. The molecule has 0 N–H and O–H groups in total. The molecule has 2 aromatic heterocycles. The third kappa shape index (κ3) is 3.02. The summed E-state index contributed by atoms with van der Waals surface area (Å²) >= 11 is 0. The van der Waals surface area contributed by atoms with Crippen LogP contribution >= 0.6 is 0 Å². The van der Waals surface area contributed by atoms with Crippen molar-refractivity contribution in [3.05, 3.63) is 88.7 Å². The van der Waals surface area contributed by atoms with Crippen LogP contribution in [0.5, 0.6) is 0 Å². The summed E-state index contributed by atoms with van der Waals surface area (Å²) in [6.07, 6.45) is 5.25. The molecule has 0 aliphatic rings. The summed E-state index contributed by atoms with van der Waals surface area (Å²) in [6, 6.07) is 15.7. The minimum atomic E-state index is -0.398. The van der Waals surface area contributed by atoms with E-state index in [-0.39, 0.29) is 11.1 Å². The summed E-state index contributed by atoms with van der Waals surface area (Å²) in [5, 5.41) is 7.86. The van der Waals surface area contributed by atoms with Gasteiger partial charge < -0.3 is 0 Å². The van der Waals surface area contributed by atoms with Gasteiger partial charge >= 0.3 is 0 Å². The molecule has 2 aromatic carbocycles. The molecule has 2 heterocycles. The van der Waals surface area contributed by atoms with E-state index in [1.165, 1.54) is 27.7 Å². The van der Waals surface area contributed by atoms with E-state index in [9.17, 15) is 9.18 Å². The van der Waals surface area contributed by atoms with Crippen LogP contribution < -0.4 is 5.56 Å². The van der Waals surface area contributed by atoms with E-state index < -0.39 is 5.82 Å². The molecule has 0 saturated heterocycles. The van der Waals surface area contributed by atoms with Crippen molar-refractivity contribution < 1.29 is 4.39 Å². The lowest BCUT2D eigenvalue weighted by molar-refractivity contribution is 0.625. The van der Waals surface area contributed by atoms with E-state index in [0.29, 0.717) is 17.9 Å². The minimum Gasteiger partial charge on any atom is -0.293 e. The topological polar surface area (TPSA) is 65.6 Å². The average Bonchev–Trinajstić information content (AvgIpc) is 3.09. The first-order valence-corrected chi connectivity index (χ1v) is 8.01. The fraction of sp³-hybridized carbons (Fsp3) is 0.0526. The average molecular weight is 347 g/mol. The van der Waals surface area contributed by atoms with Gasteiger partial charge in [0.1, 0.15) is 12.1 Å². The van der Waals surface area contributed by atoms with Crippen molar-refractivity contribution in [2.75, 3.05) is 0 Å². The molecule has 0 aliphatic carbocycles. The monoisotopic (exact) mass is 347 g/mol. The highest BCUT2D eigenvalue weighted by molar-refractivity contribution is 5.70. The standard InChI is InChI=1S/C19H14FN5O/c20-15-9-4-10-16(12-15)25-18-17(22-23-25)19(26)24(13-21-18)11-5-8-14-6-2-1-3-7-14/h1-10,12-13H,11H2/b8-5+. The number of aromatic nitrogens is 5. The molecule has 0 aliphatic heterocycles. The zero-order valence-corrected chi connectivity index (χ0v) is 13.7. The molecule has 7 heteroatoms. The molecule has 4 rings (SSSR count). The molecular formula is C19H14FN5O. The van der Waals surface area contributed by atoms with E-state index in [1.807, 2.05) is 42.5 Å². The Morgan fingerprint density at radius 1 is 1.08 bits per heavy atom. The van der Waals surface area contributed by atoms with Gasteiger partial charge in [0.05, 0.1) is 5.69 Å². The predicted molar refractivity (Wildman–Crippen MR) is 96.4 cm³/mol. The Bertz CT molecular complexity index is 1150. The summed E-state index contributed by atoms with van der Waals surface area (Å²) in [6.45, 7) is 0.365. The van der Waals surface area contributed by atoms with Crippen LogP contribution in [0.25, 0.3) is 22.9 Å². The zero-order chi connectivity index (χ0) is 17.9. The van der Waals surface area contributed by atoms with Gasteiger partial charge in [-0.05, 0) is 23.8 Å². The maximum Gasteiger partial charge on any atom is 0.283 e. The zero-order valence-electron chi connectivity index (χ0n) is 13.7. The number of benzene rings is 2. The third-order valence-corrected chi connectivity index (χ3v) is 3.89. The normalized spacial score (nSPS) is 11.4. The SMILES string of the molecule is O=c1c2nnn(-c3cccc(F)c3)c2ncn1C/C=C/c1ccccc1. The molecule has 26 heavy (non-hydrogen) atoms. The lowest BCUT2D eigenvalue weighted by Crippen LogP contribution is -2.20. The van der Waals surface area contributed by atoms with Crippen LogP contribution in [-0.4, -0.2) is 24.5 Å². The van der Waals surface area contributed by atoms with Gasteiger partial charge in [-0.2, -0.15) is 4.68 Å². The van der Waals surface area contributed by atoms with Crippen LogP contribution in [0.15, 0.2) is 71.8 Å². The van der Waals surface area contributed by atoms with Gasteiger partial charge in [-0.25, -0.2) is 9.37 Å². The second kappa shape index (κ2) is 6.72. The Morgan fingerprint density at radius 2 is 1.92 bits per heavy atom. The number of hydrogen-bond acceptors (Lipinski definition) is 4. The van der Waals surface area contributed by atoms with Crippen LogP contribution in [0.3, 0.4) is 0 Å². The van der Waals surface area contributed by atoms with Crippen LogP contribution in [0.4, 0.5) is 4.39 Å². The van der Waals surface area contributed by atoms with Gasteiger partial charge in [0, 0.05) is 6.54 Å². The van der Waals surface area contributed by atoms with Crippen molar-refractivity contribution in [1.29, 1.82) is 0 Å². The maximum absolute atomic E-state index is 13.4. The first-order chi connectivity index (χ1) is 12.7. The molecule has 0 spiro atoms. The molecular weight excluding hydrogens is 333 g/mol. The van der Waals surface area contributed by atoms with Crippen LogP contribution in [0.2, 0.25) is 0 Å². The van der Waals surface area contributed by atoms with Crippen LogP contribution in [0, 0.1) is 5.82 Å². The first-order valence-electron chi connectivity index (χ1n) is 8.01. The van der Waals surface area contributed by atoms with Crippen molar-refractivity contribution in [2.45, 2.75) is 6.54 Å². The van der Waals surface area contributed by atoms with E-state index in [1.54, 1.807) is 12.1 Å². The third-order valence-electron chi connectivity index (χ3n) is 3.89. The summed E-state index contributed by atoms with van der Waals surface area (Å²) in [5.41, 5.74) is 1.65. The van der Waals surface area contributed by atoms with E-state index >= 15 is 0 Å². The van der Waals surface area contributed by atoms with E-state index in [0.717, 1.165) is 5.56 Å². The number of nitrogens with zero attached hydrogens (tertiary/aromatic N) is 5. The Hall–Kier alpha value is -3.61. The number of rotatable bonds is 4. The Balaban J connectivity index is 1.66. The molecule has 0 bridgehead atoms. The first kappa shape index (κ1) is 15.9.